The quantitative estimate of drug-likeness (QED) is 0.510. The predicted octanol–water partition coefficient (Wildman–Crippen LogP) is 4.92. The van der Waals surface area contributed by atoms with Crippen molar-refractivity contribution in [1.82, 2.24) is 15.5 Å². The Kier molecular flexibility index (Phi) is 7.02. The van der Waals surface area contributed by atoms with Crippen LogP contribution in [0.15, 0.2) is 42.5 Å². The smallest absolute Gasteiger partial charge is 0.319 e. The van der Waals surface area contributed by atoms with Crippen LogP contribution in [0.4, 0.5) is 15.6 Å². The van der Waals surface area contributed by atoms with Gasteiger partial charge in [0.2, 0.25) is 11.0 Å². The highest BCUT2D eigenvalue weighted by Gasteiger charge is 2.25. The number of nitrogens with zero attached hydrogens (tertiary/aromatic N) is 2. The van der Waals surface area contributed by atoms with Gasteiger partial charge in [-0.05, 0) is 49.9 Å². The maximum Gasteiger partial charge on any atom is 0.319 e. The molecule has 1 heterocycles. The Morgan fingerprint density at radius 2 is 1.71 bits per heavy atom. The maximum absolute atomic E-state index is 12.8. The summed E-state index contributed by atoms with van der Waals surface area (Å²) in [7, 11) is 0. The van der Waals surface area contributed by atoms with Gasteiger partial charge in [-0.15, -0.1) is 10.2 Å². The number of rotatable bonds is 6. The number of carbonyl (C=O) groups is 2. The van der Waals surface area contributed by atoms with Gasteiger partial charge in [-0.1, -0.05) is 61.1 Å². The van der Waals surface area contributed by atoms with Gasteiger partial charge in [0.15, 0.2) is 0 Å². The van der Waals surface area contributed by atoms with Crippen LogP contribution >= 0.6 is 11.3 Å². The van der Waals surface area contributed by atoms with E-state index in [2.05, 4.69) is 26.1 Å². The van der Waals surface area contributed by atoms with Crippen LogP contribution in [-0.2, 0) is 4.79 Å². The average Bonchev–Trinajstić information content (AvgIpc) is 3.18. The van der Waals surface area contributed by atoms with Gasteiger partial charge >= 0.3 is 6.03 Å². The van der Waals surface area contributed by atoms with Crippen LogP contribution in [-0.4, -0.2) is 28.2 Å². The minimum absolute atomic E-state index is 0.117. The Morgan fingerprint density at radius 1 is 0.968 bits per heavy atom. The van der Waals surface area contributed by atoms with Crippen LogP contribution < -0.4 is 16.0 Å². The Bertz CT molecular complexity index is 1090. The van der Waals surface area contributed by atoms with Crippen molar-refractivity contribution in [2.24, 2.45) is 5.92 Å². The molecular formula is C23H27N5O2S. The summed E-state index contributed by atoms with van der Waals surface area (Å²) in [6, 6.07) is 12.5. The lowest BCUT2D eigenvalue weighted by atomic mass is 10.0. The second kappa shape index (κ2) is 9.70. The van der Waals surface area contributed by atoms with Gasteiger partial charge in [0, 0.05) is 11.3 Å². The van der Waals surface area contributed by atoms with Gasteiger partial charge in [-0.25, -0.2) is 4.79 Å². The van der Waals surface area contributed by atoms with Crippen LogP contribution in [0.2, 0.25) is 0 Å². The first-order chi connectivity index (χ1) is 14.7. The van der Waals surface area contributed by atoms with Crippen LogP contribution in [0.25, 0.3) is 10.6 Å². The normalized spacial score (nSPS) is 11.8. The van der Waals surface area contributed by atoms with E-state index in [1.54, 1.807) is 0 Å². The summed E-state index contributed by atoms with van der Waals surface area (Å²) in [5.74, 6) is -0.452. The number of hydrogen-bond acceptors (Lipinski definition) is 5. The molecule has 1 atom stereocenters. The first kappa shape index (κ1) is 22.4. The molecular weight excluding hydrogens is 410 g/mol. The highest BCUT2D eigenvalue weighted by Crippen LogP contribution is 2.27. The molecule has 0 fully saturated rings. The topological polar surface area (TPSA) is 96.0 Å². The van der Waals surface area contributed by atoms with Crippen molar-refractivity contribution in [2.75, 3.05) is 10.6 Å². The van der Waals surface area contributed by atoms with Gasteiger partial charge < -0.3 is 10.6 Å². The molecule has 3 N–H and O–H groups in total. The fraction of sp³-hybridized carbons (Fsp3) is 0.304. The van der Waals surface area contributed by atoms with E-state index < -0.39 is 12.1 Å². The molecule has 3 rings (SSSR count). The molecule has 0 aliphatic rings. The molecule has 1 unspecified atom stereocenters. The highest BCUT2D eigenvalue weighted by molar-refractivity contribution is 7.18. The zero-order chi connectivity index (χ0) is 22.5. The Labute approximate surface area is 186 Å². The lowest BCUT2D eigenvalue weighted by Crippen LogP contribution is -2.48. The number of carbonyl (C=O) groups excluding carboxylic acids is 2. The van der Waals surface area contributed by atoms with Gasteiger partial charge in [-0.3, -0.25) is 10.1 Å². The maximum atomic E-state index is 12.8. The summed E-state index contributed by atoms with van der Waals surface area (Å²) in [5, 5.41) is 17.8. The number of aromatic nitrogens is 2. The number of urea groups is 1. The first-order valence-electron chi connectivity index (χ1n) is 10.1. The Morgan fingerprint density at radius 3 is 2.42 bits per heavy atom. The molecule has 162 valence electrons. The molecule has 0 aliphatic heterocycles. The zero-order valence-electron chi connectivity index (χ0n) is 18.3. The summed E-state index contributed by atoms with van der Waals surface area (Å²) in [5.41, 5.74) is 4.85. The standard InChI is InChI=1S/C23H27N5O2S/c1-13(2)19(25-22(30)24-18-11-7-9-15(4)16(18)5)20(29)26-23-28-27-21(31-23)17-10-6-8-14(3)12-17/h6-13,19H,1-5H3,(H2,24,25,30)(H,26,28,29). The van der Waals surface area contributed by atoms with Crippen molar-refractivity contribution in [1.29, 1.82) is 0 Å². The molecule has 31 heavy (non-hydrogen) atoms. The number of amides is 3. The van der Waals surface area contributed by atoms with Crippen LogP contribution in [0.3, 0.4) is 0 Å². The lowest BCUT2D eigenvalue weighted by Gasteiger charge is -2.21. The van der Waals surface area contributed by atoms with E-state index in [1.165, 1.54) is 11.3 Å². The van der Waals surface area contributed by atoms with Crippen molar-refractivity contribution in [3.05, 3.63) is 59.2 Å². The van der Waals surface area contributed by atoms with Crippen LogP contribution in [0.1, 0.15) is 30.5 Å². The third-order valence-electron chi connectivity index (χ3n) is 5.01. The summed E-state index contributed by atoms with van der Waals surface area (Å²) >= 11 is 1.29. The molecule has 0 saturated heterocycles. The first-order valence-corrected chi connectivity index (χ1v) is 10.9. The number of benzene rings is 2. The molecule has 8 heteroatoms. The van der Waals surface area contributed by atoms with Gasteiger partial charge in [0.05, 0.1) is 0 Å². The molecule has 0 bridgehead atoms. The van der Waals surface area contributed by atoms with Crippen molar-refractivity contribution in [2.45, 2.75) is 40.7 Å². The SMILES string of the molecule is Cc1cccc(-c2nnc(NC(=O)C(NC(=O)Nc3cccc(C)c3C)C(C)C)s2)c1. The molecule has 0 spiro atoms. The van der Waals surface area contributed by atoms with Gasteiger partial charge in [-0.2, -0.15) is 0 Å². The number of aryl methyl sites for hydroxylation is 2. The summed E-state index contributed by atoms with van der Waals surface area (Å²) < 4.78 is 0. The van der Waals surface area contributed by atoms with E-state index in [4.69, 9.17) is 0 Å². The fourth-order valence-corrected chi connectivity index (χ4v) is 3.82. The molecule has 0 saturated carbocycles. The minimum Gasteiger partial charge on any atom is -0.326 e. The summed E-state index contributed by atoms with van der Waals surface area (Å²) in [6.07, 6.45) is 0. The number of nitrogens with one attached hydrogen (secondary N) is 3. The largest absolute Gasteiger partial charge is 0.326 e. The van der Waals surface area contributed by atoms with Crippen molar-refractivity contribution in [3.63, 3.8) is 0 Å². The second-order valence-corrected chi connectivity index (χ2v) is 8.82. The zero-order valence-corrected chi connectivity index (χ0v) is 19.1. The Balaban J connectivity index is 1.67. The molecule has 0 radical (unpaired) electrons. The van der Waals surface area contributed by atoms with Crippen LogP contribution in [0, 0.1) is 26.7 Å². The average molecular weight is 438 g/mol. The number of anilines is 2. The third-order valence-corrected chi connectivity index (χ3v) is 5.90. The van der Waals surface area contributed by atoms with Crippen molar-refractivity contribution >= 4 is 34.1 Å². The molecule has 3 amide bonds. The van der Waals surface area contributed by atoms with Gasteiger partial charge in [0.1, 0.15) is 11.0 Å². The van der Waals surface area contributed by atoms with E-state index >= 15 is 0 Å². The van der Waals surface area contributed by atoms with E-state index in [0.29, 0.717) is 10.8 Å². The molecule has 0 aliphatic carbocycles. The number of hydrogen-bond donors (Lipinski definition) is 3. The highest BCUT2D eigenvalue weighted by atomic mass is 32.1. The summed E-state index contributed by atoms with van der Waals surface area (Å²) in [4.78, 5) is 25.4. The van der Waals surface area contributed by atoms with E-state index in [1.807, 2.05) is 77.1 Å². The molecule has 1 aromatic heterocycles. The van der Waals surface area contributed by atoms with E-state index in [0.717, 1.165) is 27.3 Å². The minimum atomic E-state index is -0.726. The summed E-state index contributed by atoms with van der Waals surface area (Å²) in [6.45, 7) is 9.69. The van der Waals surface area contributed by atoms with E-state index in [-0.39, 0.29) is 11.8 Å². The Hall–Kier alpha value is -3.26. The fourth-order valence-electron chi connectivity index (χ4n) is 3.07. The third kappa shape index (κ3) is 5.67. The molecule has 7 nitrogen and oxygen atoms in total. The van der Waals surface area contributed by atoms with Crippen LogP contribution in [0.5, 0.6) is 0 Å². The van der Waals surface area contributed by atoms with Crippen molar-refractivity contribution < 1.29 is 9.59 Å². The molecule has 2 aromatic carbocycles. The predicted molar refractivity (Wildman–Crippen MR) is 125 cm³/mol. The van der Waals surface area contributed by atoms with Crippen molar-refractivity contribution in [3.8, 4) is 10.6 Å². The second-order valence-electron chi connectivity index (χ2n) is 7.84. The lowest BCUT2D eigenvalue weighted by molar-refractivity contribution is -0.118. The van der Waals surface area contributed by atoms with Gasteiger partial charge in [0.25, 0.3) is 0 Å². The molecule has 3 aromatic rings. The monoisotopic (exact) mass is 437 g/mol. The van der Waals surface area contributed by atoms with E-state index in [9.17, 15) is 9.59 Å².